The smallest absolute Gasteiger partial charge is 0.264 e. The predicted molar refractivity (Wildman–Crippen MR) is 386 cm³/mol. The molecule has 5 heteroatoms. The SMILES string of the molecule is CCc1ccc(N2c3cc(N(c4ccccc4)c4ccccc4)cc4c3B(c3ccc(-c5ccc(-c6ccccc6)cc5)cc3N4c3cc(-c4ccc5c6ccccc6c6ccccc6c5c4)cc(C(C)(C)C)c3)c3sc4ccc(C(C)(C)C)cc4c32)cc1. The Balaban J connectivity index is 1.02. The predicted octanol–water partition coefficient (Wildman–Crippen LogP) is 22.1. The van der Waals surface area contributed by atoms with Crippen molar-refractivity contribution in [3.8, 4) is 33.4 Å². The molecule has 428 valence electrons. The van der Waals surface area contributed by atoms with E-state index in [-0.39, 0.29) is 17.5 Å². The summed E-state index contributed by atoms with van der Waals surface area (Å²) in [6, 6.07) is 103. The minimum atomic E-state index is -0.202. The van der Waals surface area contributed by atoms with Crippen LogP contribution in [0.2, 0.25) is 0 Å². The largest absolute Gasteiger partial charge is 0.311 e. The fourth-order valence-corrected chi connectivity index (χ4v) is 15.5. The highest BCUT2D eigenvalue weighted by molar-refractivity contribution is 7.33. The van der Waals surface area contributed by atoms with E-state index in [1.54, 1.807) is 0 Å². The van der Waals surface area contributed by atoms with E-state index >= 15 is 0 Å². The molecule has 3 nitrogen and oxygen atoms in total. The number of rotatable bonds is 9. The van der Waals surface area contributed by atoms with Crippen molar-refractivity contribution in [3.05, 3.63) is 290 Å². The Hall–Kier alpha value is -9.94. The molecular formula is C84H68BN3S. The first-order chi connectivity index (χ1) is 43.3. The molecule has 89 heavy (non-hydrogen) atoms. The van der Waals surface area contributed by atoms with Crippen LogP contribution >= 0.6 is 11.3 Å². The molecule has 0 saturated heterocycles. The van der Waals surface area contributed by atoms with Gasteiger partial charge in [-0.3, -0.25) is 0 Å². The maximum absolute atomic E-state index is 2.65. The summed E-state index contributed by atoms with van der Waals surface area (Å²) in [5.74, 6) is 0. The van der Waals surface area contributed by atoms with Crippen LogP contribution in [0, 0.1) is 0 Å². The Morgan fingerprint density at radius 3 is 1.48 bits per heavy atom. The summed E-state index contributed by atoms with van der Waals surface area (Å²) in [5, 5.41) is 8.92. The molecule has 0 N–H and O–H groups in total. The molecular weight excluding hydrogens is 1090 g/mol. The summed E-state index contributed by atoms with van der Waals surface area (Å²) in [4.78, 5) is 7.75. The van der Waals surface area contributed by atoms with Crippen LogP contribution in [0.1, 0.15) is 65.2 Å². The molecule has 3 heterocycles. The number of thiophene rings is 1. The lowest BCUT2D eigenvalue weighted by molar-refractivity contribution is 0.590. The number of anilines is 9. The highest BCUT2D eigenvalue weighted by Crippen LogP contribution is 2.52. The lowest BCUT2D eigenvalue weighted by Gasteiger charge is -2.44. The van der Waals surface area contributed by atoms with Gasteiger partial charge in [0.15, 0.2) is 0 Å². The van der Waals surface area contributed by atoms with Gasteiger partial charge in [0.1, 0.15) is 0 Å². The molecule has 16 rings (SSSR count). The third-order valence-corrected chi connectivity index (χ3v) is 20.1. The van der Waals surface area contributed by atoms with E-state index < -0.39 is 0 Å². The first-order valence-corrected chi connectivity index (χ1v) is 32.3. The molecule has 1 aromatic heterocycles. The quantitative estimate of drug-likeness (QED) is 0.105. The highest BCUT2D eigenvalue weighted by atomic mass is 32.1. The second kappa shape index (κ2) is 21.1. The third kappa shape index (κ3) is 9.24. The average molecular weight is 1160 g/mol. The molecule has 0 atom stereocenters. The van der Waals surface area contributed by atoms with Crippen LogP contribution in [-0.2, 0) is 17.3 Å². The molecule has 13 aromatic carbocycles. The van der Waals surface area contributed by atoms with Gasteiger partial charge in [0.05, 0.1) is 11.4 Å². The molecule has 0 fully saturated rings. The Kier molecular flexibility index (Phi) is 12.9. The van der Waals surface area contributed by atoms with Gasteiger partial charge < -0.3 is 14.7 Å². The summed E-state index contributed by atoms with van der Waals surface area (Å²) in [7, 11) is 0. The van der Waals surface area contributed by atoms with Crippen molar-refractivity contribution in [3.63, 3.8) is 0 Å². The zero-order valence-corrected chi connectivity index (χ0v) is 52.3. The molecule has 14 aromatic rings. The number of hydrogen-bond donors (Lipinski definition) is 0. The lowest BCUT2D eigenvalue weighted by atomic mass is 9.36. The Bertz CT molecular complexity index is 5000. The van der Waals surface area contributed by atoms with Crippen molar-refractivity contribution in [2.24, 2.45) is 0 Å². The zero-order chi connectivity index (χ0) is 60.3. The summed E-state index contributed by atoms with van der Waals surface area (Å²) in [5.41, 5.74) is 23.7. The van der Waals surface area contributed by atoms with Crippen LogP contribution in [0.5, 0.6) is 0 Å². The summed E-state index contributed by atoms with van der Waals surface area (Å²) >= 11 is 1.97. The number of fused-ring (bicyclic) bond motifs is 12. The van der Waals surface area contributed by atoms with Gasteiger partial charge in [-0.2, -0.15) is 0 Å². The summed E-state index contributed by atoms with van der Waals surface area (Å²) in [6.07, 6.45) is 0.963. The average Bonchev–Trinajstić information content (AvgIpc) is 1.70. The van der Waals surface area contributed by atoms with Crippen LogP contribution in [0.15, 0.2) is 273 Å². The molecule has 0 unspecified atom stereocenters. The third-order valence-electron chi connectivity index (χ3n) is 18.8. The van der Waals surface area contributed by atoms with E-state index in [1.807, 2.05) is 11.3 Å². The number of aryl methyl sites for hydroxylation is 1. The van der Waals surface area contributed by atoms with Gasteiger partial charge in [0, 0.05) is 54.7 Å². The molecule has 0 saturated carbocycles. The van der Waals surface area contributed by atoms with Gasteiger partial charge in [-0.05, 0) is 195 Å². The molecule has 2 aliphatic rings. The lowest BCUT2D eigenvalue weighted by Crippen LogP contribution is -2.60. The second-order valence-electron chi connectivity index (χ2n) is 26.4. The van der Waals surface area contributed by atoms with Gasteiger partial charge in [-0.25, -0.2) is 0 Å². The Morgan fingerprint density at radius 2 is 0.876 bits per heavy atom. The van der Waals surface area contributed by atoms with Crippen molar-refractivity contribution >= 4 is 127 Å². The molecule has 0 aliphatic carbocycles. The fourth-order valence-electron chi connectivity index (χ4n) is 14.2. The highest BCUT2D eigenvalue weighted by Gasteiger charge is 2.46. The van der Waals surface area contributed by atoms with Crippen molar-refractivity contribution in [1.82, 2.24) is 0 Å². The Labute approximate surface area is 527 Å². The van der Waals surface area contributed by atoms with Crippen LogP contribution in [0.3, 0.4) is 0 Å². The van der Waals surface area contributed by atoms with E-state index in [2.05, 4.69) is 336 Å². The van der Waals surface area contributed by atoms with Gasteiger partial charge in [-0.1, -0.05) is 237 Å². The first-order valence-electron chi connectivity index (χ1n) is 31.5. The van der Waals surface area contributed by atoms with Gasteiger partial charge >= 0.3 is 0 Å². The van der Waals surface area contributed by atoms with Crippen LogP contribution in [-0.4, -0.2) is 6.71 Å². The minimum absolute atomic E-state index is 0.0570. The van der Waals surface area contributed by atoms with Crippen molar-refractivity contribution < 1.29 is 0 Å². The molecule has 0 radical (unpaired) electrons. The van der Waals surface area contributed by atoms with Crippen molar-refractivity contribution in [1.29, 1.82) is 0 Å². The van der Waals surface area contributed by atoms with Crippen LogP contribution in [0.25, 0.3) is 75.8 Å². The molecule has 0 amide bonds. The number of para-hydroxylation sites is 2. The van der Waals surface area contributed by atoms with Crippen molar-refractivity contribution in [2.75, 3.05) is 14.7 Å². The van der Waals surface area contributed by atoms with E-state index in [0.29, 0.717) is 0 Å². The van der Waals surface area contributed by atoms with Gasteiger partial charge in [0.25, 0.3) is 6.71 Å². The summed E-state index contributed by atoms with van der Waals surface area (Å²) < 4.78 is 2.65. The van der Waals surface area contributed by atoms with E-state index in [1.165, 1.54) is 125 Å². The first kappa shape index (κ1) is 54.5. The Morgan fingerprint density at radius 1 is 0.360 bits per heavy atom. The van der Waals surface area contributed by atoms with Crippen molar-refractivity contribution in [2.45, 2.75) is 65.7 Å². The normalized spacial score (nSPS) is 12.9. The number of nitrogens with zero attached hydrogens (tertiary/aromatic N) is 3. The van der Waals surface area contributed by atoms with Crippen LogP contribution < -0.4 is 30.4 Å². The molecule has 0 spiro atoms. The standard InChI is InChI=1S/C84H68BN3S/c1-8-54-32-41-65(42-33-54)88-78-53-67(86(63-24-14-10-15-25-63)64-26-16-11-17-27-64)52-77-80(78)85(82-81(88)74-51-61(83(2,3)4)40-45-79(74)89-82)75-44-39-59(57-36-34-56(35-37-57)55-22-12-9-13-23-55)49-76(75)87(77)66-47-60(46-62(50-66)84(5,6)7)58-38-43-72-70-30-19-18-28-68(70)69-29-20-21-31-71(69)73(72)48-58/h9-53H,8H2,1-7H3. The van der Waals surface area contributed by atoms with E-state index in [9.17, 15) is 0 Å². The topological polar surface area (TPSA) is 9.72 Å². The molecule has 2 aliphatic heterocycles. The monoisotopic (exact) mass is 1160 g/mol. The maximum atomic E-state index is 2.65. The van der Waals surface area contributed by atoms with Crippen LogP contribution in [0.4, 0.5) is 51.2 Å². The fraction of sp³-hybridized carbons (Fsp3) is 0.119. The second-order valence-corrected chi connectivity index (χ2v) is 27.5. The zero-order valence-electron chi connectivity index (χ0n) is 51.5. The van der Waals surface area contributed by atoms with E-state index in [4.69, 9.17) is 0 Å². The number of hydrogen-bond acceptors (Lipinski definition) is 4. The minimum Gasteiger partial charge on any atom is -0.311 e. The maximum Gasteiger partial charge on any atom is 0.264 e. The van der Waals surface area contributed by atoms with Gasteiger partial charge in [0.2, 0.25) is 0 Å². The molecule has 0 bridgehead atoms. The van der Waals surface area contributed by atoms with Gasteiger partial charge in [-0.15, -0.1) is 11.3 Å². The number of benzene rings is 13. The summed E-state index contributed by atoms with van der Waals surface area (Å²) in [6.45, 7) is 16.3. The van der Waals surface area contributed by atoms with E-state index in [0.717, 1.165) is 40.5 Å².